The lowest BCUT2D eigenvalue weighted by Gasteiger charge is -2.13. The lowest BCUT2D eigenvalue weighted by molar-refractivity contribution is 0.746. The van der Waals surface area contributed by atoms with Crippen molar-refractivity contribution in [2.45, 2.75) is 40.7 Å². The highest BCUT2D eigenvalue weighted by Crippen LogP contribution is 2.20. The molecule has 0 aliphatic carbocycles. The molecule has 0 bridgehead atoms. The van der Waals surface area contributed by atoms with Crippen molar-refractivity contribution in [1.29, 1.82) is 0 Å². The first-order valence-corrected chi connectivity index (χ1v) is 6.84. The summed E-state index contributed by atoms with van der Waals surface area (Å²) in [5.74, 6) is 0. The van der Waals surface area contributed by atoms with Crippen LogP contribution in [0.1, 0.15) is 34.9 Å². The average Bonchev–Trinajstić information content (AvgIpc) is 2.68. The molecule has 0 atom stereocenters. The zero-order chi connectivity index (χ0) is 14.0. The van der Waals surface area contributed by atoms with Crippen LogP contribution >= 0.6 is 0 Å². The van der Waals surface area contributed by atoms with Crippen molar-refractivity contribution >= 4 is 5.69 Å². The molecule has 3 nitrogen and oxygen atoms in total. The molecule has 2 aromatic rings. The lowest BCUT2D eigenvalue weighted by atomic mass is 10.00. The van der Waals surface area contributed by atoms with Crippen LogP contribution in [0.3, 0.4) is 0 Å². The van der Waals surface area contributed by atoms with Crippen LogP contribution in [0.25, 0.3) is 0 Å². The summed E-state index contributed by atoms with van der Waals surface area (Å²) in [6, 6.07) is 4.49. The first kappa shape index (κ1) is 13.7. The number of benzene rings is 1. The van der Waals surface area contributed by atoms with Gasteiger partial charge in [-0.2, -0.15) is 5.10 Å². The van der Waals surface area contributed by atoms with Crippen LogP contribution in [-0.4, -0.2) is 9.78 Å². The molecule has 19 heavy (non-hydrogen) atoms. The molecule has 0 radical (unpaired) electrons. The van der Waals surface area contributed by atoms with Gasteiger partial charge in [0, 0.05) is 19.8 Å². The number of hydrogen-bond acceptors (Lipinski definition) is 2. The average molecular weight is 257 g/mol. The second-order valence-corrected chi connectivity index (χ2v) is 5.25. The Morgan fingerprint density at radius 1 is 1.16 bits per heavy atom. The second kappa shape index (κ2) is 5.47. The Hall–Kier alpha value is -1.77. The number of aromatic nitrogens is 2. The minimum Gasteiger partial charge on any atom is -0.378 e. The van der Waals surface area contributed by atoms with Gasteiger partial charge in [-0.05, 0) is 43.9 Å². The number of hydrogen-bond donors (Lipinski definition) is 1. The van der Waals surface area contributed by atoms with E-state index in [1.165, 1.54) is 22.3 Å². The molecule has 0 amide bonds. The fourth-order valence-electron chi connectivity index (χ4n) is 2.62. The Labute approximate surface area is 115 Å². The number of aryl methyl sites for hydroxylation is 5. The zero-order valence-electron chi connectivity index (χ0n) is 12.5. The van der Waals surface area contributed by atoms with E-state index in [1.807, 2.05) is 11.7 Å². The van der Waals surface area contributed by atoms with E-state index in [0.717, 1.165) is 24.3 Å². The van der Waals surface area contributed by atoms with Crippen LogP contribution < -0.4 is 5.32 Å². The van der Waals surface area contributed by atoms with Crippen LogP contribution in [0.2, 0.25) is 0 Å². The largest absolute Gasteiger partial charge is 0.378 e. The predicted octanol–water partition coefficient (Wildman–Crippen LogP) is 3.52. The maximum atomic E-state index is 4.45. The highest BCUT2D eigenvalue weighted by molar-refractivity contribution is 5.48. The Morgan fingerprint density at radius 2 is 1.79 bits per heavy atom. The normalized spacial score (nSPS) is 10.8. The van der Waals surface area contributed by atoms with E-state index in [2.05, 4.69) is 56.4 Å². The highest BCUT2D eigenvalue weighted by atomic mass is 15.3. The van der Waals surface area contributed by atoms with Gasteiger partial charge in [0.25, 0.3) is 0 Å². The van der Waals surface area contributed by atoms with Crippen LogP contribution in [-0.2, 0) is 20.0 Å². The Kier molecular flexibility index (Phi) is 3.93. The van der Waals surface area contributed by atoms with Gasteiger partial charge >= 0.3 is 0 Å². The van der Waals surface area contributed by atoms with E-state index in [-0.39, 0.29) is 0 Å². The highest BCUT2D eigenvalue weighted by Gasteiger charge is 2.08. The van der Waals surface area contributed by atoms with Crippen LogP contribution in [0.5, 0.6) is 0 Å². The number of nitrogens with zero attached hydrogens (tertiary/aromatic N) is 2. The Balaban J connectivity index is 2.19. The van der Waals surface area contributed by atoms with Gasteiger partial charge in [0.05, 0.1) is 11.4 Å². The molecule has 0 spiro atoms. The molecule has 1 aromatic carbocycles. The van der Waals surface area contributed by atoms with Crippen LogP contribution in [0.15, 0.2) is 18.3 Å². The molecule has 102 valence electrons. The van der Waals surface area contributed by atoms with E-state index in [1.54, 1.807) is 0 Å². The van der Waals surface area contributed by atoms with E-state index in [9.17, 15) is 0 Å². The smallest absolute Gasteiger partial charge is 0.0853 e. The minimum absolute atomic E-state index is 0.858. The molecular formula is C16H23N3. The zero-order valence-corrected chi connectivity index (χ0v) is 12.5. The molecule has 2 rings (SSSR count). The molecule has 3 heteroatoms. The Morgan fingerprint density at radius 3 is 2.37 bits per heavy atom. The number of nitrogens with one attached hydrogen (secondary N) is 1. The summed E-state index contributed by atoms with van der Waals surface area (Å²) in [6.45, 7) is 9.50. The fraction of sp³-hybridized carbons (Fsp3) is 0.438. The maximum absolute atomic E-state index is 4.45. The third-order valence-electron chi connectivity index (χ3n) is 3.54. The van der Waals surface area contributed by atoms with Crippen molar-refractivity contribution in [1.82, 2.24) is 9.78 Å². The van der Waals surface area contributed by atoms with Crippen molar-refractivity contribution in [3.8, 4) is 0 Å². The van der Waals surface area contributed by atoms with Gasteiger partial charge in [0.2, 0.25) is 0 Å². The summed E-state index contributed by atoms with van der Waals surface area (Å²) in [5, 5.41) is 7.97. The topological polar surface area (TPSA) is 29.9 Å². The lowest BCUT2D eigenvalue weighted by Crippen LogP contribution is -2.05. The van der Waals surface area contributed by atoms with E-state index in [4.69, 9.17) is 0 Å². The molecule has 0 unspecified atom stereocenters. The molecule has 1 N–H and O–H groups in total. The van der Waals surface area contributed by atoms with Crippen molar-refractivity contribution in [3.05, 3.63) is 46.3 Å². The number of anilines is 1. The first-order chi connectivity index (χ1) is 9.01. The van der Waals surface area contributed by atoms with Gasteiger partial charge in [-0.15, -0.1) is 0 Å². The monoisotopic (exact) mass is 257 g/mol. The molecule has 1 heterocycles. The third kappa shape index (κ3) is 2.98. The van der Waals surface area contributed by atoms with Gasteiger partial charge < -0.3 is 5.32 Å². The van der Waals surface area contributed by atoms with Crippen LogP contribution in [0.4, 0.5) is 5.69 Å². The standard InChI is InChI=1S/C16H23N3/c1-6-15-16(10-19(5)18-15)17-9-14-12(3)7-11(2)8-13(14)4/h7-8,10,17H,6,9H2,1-5H3. The fourth-order valence-corrected chi connectivity index (χ4v) is 2.62. The summed E-state index contributed by atoms with van der Waals surface area (Å²) in [5.41, 5.74) is 7.69. The van der Waals surface area contributed by atoms with Crippen molar-refractivity contribution in [2.24, 2.45) is 7.05 Å². The SMILES string of the molecule is CCc1nn(C)cc1NCc1c(C)cc(C)cc1C. The molecular weight excluding hydrogens is 234 g/mol. The van der Waals surface area contributed by atoms with Crippen molar-refractivity contribution < 1.29 is 0 Å². The summed E-state index contributed by atoms with van der Waals surface area (Å²) >= 11 is 0. The van der Waals surface area contributed by atoms with Gasteiger partial charge in [-0.25, -0.2) is 0 Å². The van der Waals surface area contributed by atoms with Gasteiger partial charge in [-0.1, -0.05) is 24.6 Å². The van der Waals surface area contributed by atoms with Crippen molar-refractivity contribution in [2.75, 3.05) is 5.32 Å². The van der Waals surface area contributed by atoms with Gasteiger partial charge in [0.1, 0.15) is 0 Å². The molecule has 0 saturated carbocycles. The summed E-state index contributed by atoms with van der Waals surface area (Å²) in [7, 11) is 1.96. The van der Waals surface area contributed by atoms with E-state index < -0.39 is 0 Å². The quantitative estimate of drug-likeness (QED) is 0.908. The maximum Gasteiger partial charge on any atom is 0.0853 e. The van der Waals surface area contributed by atoms with E-state index in [0.29, 0.717) is 0 Å². The first-order valence-electron chi connectivity index (χ1n) is 6.84. The predicted molar refractivity (Wildman–Crippen MR) is 80.6 cm³/mol. The molecule has 0 aliphatic rings. The molecule has 0 fully saturated rings. The van der Waals surface area contributed by atoms with Crippen molar-refractivity contribution in [3.63, 3.8) is 0 Å². The molecule has 0 aliphatic heterocycles. The van der Waals surface area contributed by atoms with Gasteiger partial charge in [0.15, 0.2) is 0 Å². The minimum atomic E-state index is 0.858. The summed E-state index contributed by atoms with van der Waals surface area (Å²) in [6.07, 6.45) is 3.01. The molecule has 1 aromatic heterocycles. The Bertz CT molecular complexity index is 559. The number of rotatable bonds is 4. The van der Waals surface area contributed by atoms with Crippen LogP contribution in [0, 0.1) is 20.8 Å². The second-order valence-electron chi connectivity index (χ2n) is 5.25. The summed E-state index contributed by atoms with van der Waals surface area (Å²) in [4.78, 5) is 0. The summed E-state index contributed by atoms with van der Waals surface area (Å²) < 4.78 is 1.87. The van der Waals surface area contributed by atoms with E-state index >= 15 is 0 Å². The van der Waals surface area contributed by atoms with Gasteiger partial charge in [-0.3, -0.25) is 4.68 Å². The third-order valence-corrected chi connectivity index (χ3v) is 3.54. The molecule has 0 saturated heterocycles.